The molecule has 0 saturated carbocycles. The van der Waals surface area contributed by atoms with Crippen molar-refractivity contribution in [3.05, 3.63) is 41.8 Å². The first-order valence-electron chi connectivity index (χ1n) is 7.60. The van der Waals surface area contributed by atoms with Gasteiger partial charge in [0.05, 0.1) is 11.9 Å². The summed E-state index contributed by atoms with van der Waals surface area (Å²) in [7, 11) is 0. The third kappa shape index (κ3) is 4.19. The van der Waals surface area contributed by atoms with Gasteiger partial charge in [0, 0.05) is 19.0 Å². The van der Waals surface area contributed by atoms with Gasteiger partial charge in [0.2, 0.25) is 11.7 Å². The van der Waals surface area contributed by atoms with Gasteiger partial charge < -0.3 is 9.74 Å². The van der Waals surface area contributed by atoms with Crippen molar-refractivity contribution < 1.29 is 22.8 Å². The number of carbonyl (C=O) groups excluding carboxylic acids is 1. The number of carbonyl (C=O) groups is 1. The summed E-state index contributed by atoms with van der Waals surface area (Å²) in [6.07, 6.45) is -3.70. The molecule has 0 atom stereocenters. The van der Waals surface area contributed by atoms with E-state index in [2.05, 4.69) is 10.4 Å². The Labute approximate surface area is 138 Å². The van der Waals surface area contributed by atoms with E-state index in [1.807, 2.05) is 20.8 Å². The summed E-state index contributed by atoms with van der Waals surface area (Å²) in [5.41, 5.74) is 3.58. The van der Waals surface area contributed by atoms with Gasteiger partial charge in [-0.3, -0.25) is 4.79 Å². The number of halogens is 3. The van der Waals surface area contributed by atoms with Crippen LogP contribution in [0.25, 0.3) is 0 Å². The predicted octanol–water partition coefficient (Wildman–Crippen LogP) is 3.35. The molecule has 1 aromatic carbocycles. The highest BCUT2D eigenvalue weighted by Gasteiger charge is 2.40. The second kappa shape index (κ2) is 7.12. The average molecular weight is 343 g/mol. The van der Waals surface area contributed by atoms with Crippen LogP contribution in [0.3, 0.4) is 0 Å². The van der Waals surface area contributed by atoms with Crippen LogP contribution in [-0.4, -0.2) is 23.5 Å². The molecule has 0 fully saturated rings. The molecule has 24 heavy (non-hydrogen) atoms. The molecule has 1 heterocycles. The van der Waals surface area contributed by atoms with Crippen LogP contribution in [0.1, 0.15) is 26.3 Å². The van der Waals surface area contributed by atoms with Gasteiger partial charge in [0.15, 0.2) is 0 Å². The quantitative estimate of drug-likeness (QED) is 0.891. The lowest BCUT2D eigenvalue weighted by Gasteiger charge is -2.23. The van der Waals surface area contributed by atoms with Crippen LogP contribution in [0.4, 0.5) is 18.9 Å². The first-order valence-corrected chi connectivity index (χ1v) is 7.60. The zero-order chi connectivity index (χ0) is 17.9. The molecular weight excluding hydrogens is 323 g/mol. The number of benzene rings is 1. The van der Waals surface area contributed by atoms with Gasteiger partial charge in [-0.05, 0) is 24.6 Å². The van der Waals surface area contributed by atoms with Gasteiger partial charge in [0.1, 0.15) is 0 Å². The SMILES string of the molecule is CCN(Cc1ccc(N2C=C(C(F)(F)F)ON2)cc1)C(=O)C(C)C. The monoisotopic (exact) mass is 343 g/mol. The third-order valence-electron chi connectivity index (χ3n) is 3.55. The topological polar surface area (TPSA) is 44.8 Å². The summed E-state index contributed by atoms with van der Waals surface area (Å²) in [6.45, 7) is 6.65. The molecule has 0 radical (unpaired) electrons. The highest BCUT2D eigenvalue weighted by atomic mass is 19.4. The number of hydrogen-bond donors (Lipinski definition) is 1. The summed E-state index contributed by atoms with van der Waals surface area (Å²) in [6, 6.07) is 6.86. The van der Waals surface area contributed by atoms with Crippen molar-refractivity contribution in [2.24, 2.45) is 5.92 Å². The fraction of sp³-hybridized carbons (Fsp3) is 0.438. The Morgan fingerprint density at radius 3 is 2.38 bits per heavy atom. The zero-order valence-corrected chi connectivity index (χ0v) is 13.7. The van der Waals surface area contributed by atoms with E-state index >= 15 is 0 Å². The fourth-order valence-electron chi connectivity index (χ4n) is 2.22. The third-order valence-corrected chi connectivity index (χ3v) is 3.55. The molecule has 0 unspecified atom stereocenters. The molecule has 5 nitrogen and oxygen atoms in total. The molecular formula is C16H20F3N3O2. The van der Waals surface area contributed by atoms with E-state index in [1.54, 1.807) is 29.2 Å². The van der Waals surface area contributed by atoms with E-state index in [4.69, 9.17) is 0 Å². The molecule has 2 rings (SSSR count). The minimum absolute atomic E-state index is 0.0638. The Balaban J connectivity index is 2.06. The standard InChI is InChI=1S/C16H20F3N3O2/c1-4-21(15(23)11(2)3)9-12-5-7-13(8-6-12)22-10-14(24-20-22)16(17,18)19/h5-8,10-11,20H,4,9H2,1-3H3. The van der Waals surface area contributed by atoms with Crippen LogP contribution >= 0.6 is 0 Å². The minimum atomic E-state index is -4.54. The molecule has 1 amide bonds. The lowest BCUT2D eigenvalue weighted by molar-refractivity contribution is -0.136. The highest BCUT2D eigenvalue weighted by molar-refractivity contribution is 5.78. The first-order chi connectivity index (χ1) is 11.2. The van der Waals surface area contributed by atoms with Gasteiger partial charge in [-0.2, -0.15) is 13.2 Å². The maximum absolute atomic E-state index is 12.5. The summed E-state index contributed by atoms with van der Waals surface area (Å²) >= 11 is 0. The van der Waals surface area contributed by atoms with Gasteiger partial charge in [-0.15, -0.1) is 0 Å². The summed E-state index contributed by atoms with van der Waals surface area (Å²) in [5, 5.41) is 1.14. The van der Waals surface area contributed by atoms with Crippen molar-refractivity contribution in [3.8, 4) is 0 Å². The molecule has 0 bridgehead atoms. The average Bonchev–Trinajstić information content (AvgIpc) is 3.02. The lowest BCUT2D eigenvalue weighted by atomic mass is 10.1. The van der Waals surface area contributed by atoms with E-state index < -0.39 is 11.9 Å². The Morgan fingerprint density at radius 1 is 1.29 bits per heavy atom. The zero-order valence-electron chi connectivity index (χ0n) is 13.7. The number of nitrogens with zero attached hydrogens (tertiary/aromatic N) is 2. The van der Waals surface area contributed by atoms with Crippen LogP contribution in [0.2, 0.25) is 0 Å². The number of allylic oxidation sites excluding steroid dienone is 1. The Bertz CT molecular complexity index is 612. The van der Waals surface area contributed by atoms with Crippen LogP contribution in [0, 0.1) is 5.92 Å². The van der Waals surface area contributed by atoms with Crippen molar-refractivity contribution in [1.82, 2.24) is 10.5 Å². The number of nitrogens with one attached hydrogen (secondary N) is 1. The number of hydrazine groups is 1. The van der Waals surface area contributed by atoms with E-state index in [1.165, 1.54) is 0 Å². The number of amides is 1. The van der Waals surface area contributed by atoms with Crippen molar-refractivity contribution in [1.29, 1.82) is 0 Å². The second-order valence-corrected chi connectivity index (χ2v) is 5.73. The molecule has 1 aromatic rings. The van der Waals surface area contributed by atoms with Crippen LogP contribution < -0.4 is 10.6 Å². The maximum atomic E-state index is 12.5. The number of rotatable bonds is 5. The van der Waals surface area contributed by atoms with Gasteiger partial charge in [-0.1, -0.05) is 31.6 Å². The summed E-state index contributed by atoms with van der Waals surface area (Å²) in [4.78, 5) is 18.2. The highest BCUT2D eigenvalue weighted by Crippen LogP contribution is 2.30. The van der Waals surface area contributed by atoms with Gasteiger partial charge in [-0.25, -0.2) is 5.01 Å². The second-order valence-electron chi connectivity index (χ2n) is 5.73. The maximum Gasteiger partial charge on any atom is 0.453 e. The van der Waals surface area contributed by atoms with Gasteiger partial charge in [0.25, 0.3) is 0 Å². The lowest BCUT2D eigenvalue weighted by Crippen LogP contribution is -2.33. The number of alkyl halides is 3. The van der Waals surface area contributed by atoms with E-state index in [0.29, 0.717) is 18.8 Å². The van der Waals surface area contributed by atoms with Crippen molar-refractivity contribution in [2.75, 3.05) is 11.6 Å². The molecule has 0 saturated heterocycles. The molecule has 132 valence electrons. The summed E-state index contributed by atoms with van der Waals surface area (Å²) in [5.74, 6) is -1.12. The van der Waals surface area contributed by atoms with E-state index in [0.717, 1.165) is 16.8 Å². The first kappa shape index (κ1) is 18.1. The minimum Gasteiger partial charge on any atom is -0.382 e. The smallest absolute Gasteiger partial charge is 0.382 e. The van der Waals surface area contributed by atoms with Crippen LogP contribution in [0.15, 0.2) is 36.2 Å². The van der Waals surface area contributed by atoms with E-state index in [9.17, 15) is 18.0 Å². The molecule has 1 N–H and O–H groups in total. The largest absolute Gasteiger partial charge is 0.453 e. The number of anilines is 1. The van der Waals surface area contributed by atoms with Crippen molar-refractivity contribution in [3.63, 3.8) is 0 Å². The Kier molecular flexibility index (Phi) is 5.38. The molecule has 8 heteroatoms. The van der Waals surface area contributed by atoms with Crippen molar-refractivity contribution >= 4 is 11.6 Å². The Morgan fingerprint density at radius 2 is 1.92 bits per heavy atom. The molecule has 0 aromatic heterocycles. The van der Waals surface area contributed by atoms with Gasteiger partial charge >= 0.3 is 6.18 Å². The van der Waals surface area contributed by atoms with Crippen LogP contribution in [-0.2, 0) is 16.2 Å². The normalized spacial score (nSPS) is 14.6. The fourth-order valence-corrected chi connectivity index (χ4v) is 2.22. The van der Waals surface area contributed by atoms with Crippen LogP contribution in [0.5, 0.6) is 0 Å². The predicted molar refractivity (Wildman–Crippen MR) is 83.2 cm³/mol. The molecule has 0 aliphatic carbocycles. The molecule has 1 aliphatic rings. The number of hydrogen-bond acceptors (Lipinski definition) is 4. The van der Waals surface area contributed by atoms with Crippen molar-refractivity contribution in [2.45, 2.75) is 33.5 Å². The molecule has 0 spiro atoms. The van der Waals surface area contributed by atoms with E-state index in [-0.39, 0.29) is 11.8 Å². The Hall–Kier alpha value is -2.22. The molecule has 1 aliphatic heterocycles. The summed E-state index contributed by atoms with van der Waals surface area (Å²) < 4.78 is 37.6.